The van der Waals surface area contributed by atoms with Crippen molar-refractivity contribution >= 4 is 15.9 Å². The van der Waals surface area contributed by atoms with Crippen LogP contribution < -0.4 is 10.1 Å². The molecular formula is C17H21BrN2O. The Bertz CT molecular complexity index is 555. The van der Waals surface area contributed by atoms with Crippen LogP contribution in [0.25, 0.3) is 0 Å². The molecule has 3 nitrogen and oxygen atoms in total. The normalized spacial score (nSPS) is 10.9. The minimum absolute atomic E-state index is 0.552. The zero-order chi connectivity index (χ0) is 15.1. The molecule has 4 heteroatoms. The van der Waals surface area contributed by atoms with Crippen LogP contribution in [0.4, 0.5) is 0 Å². The van der Waals surface area contributed by atoms with Crippen molar-refractivity contribution in [3.05, 3.63) is 58.3 Å². The molecule has 0 radical (unpaired) electrons. The first-order valence-corrected chi connectivity index (χ1v) is 7.95. The average Bonchev–Trinajstić information content (AvgIpc) is 2.47. The second-order valence-corrected chi connectivity index (χ2v) is 6.34. The Labute approximate surface area is 134 Å². The van der Waals surface area contributed by atoms with Crippen LogP contribution in [-0.2, 0) is 13.2 Å². The molecule has 0 saturated carbocycles. The van der Waals surface area contributed by atoms with Gasteiger partial charge in [-0.1, -0.05) is 41.9 Å². The van der Waals surface area contributed by atoms with E-state index in [1.165, 1.54) is 0 Å². The molecule has 0 aliphatic rings. The standard InChI is InChI=1S/C17H21BrN2O/c1-13(2)9-20-10-15-7-8-19-11-17(15)21-12-14-3-5-16(18)6-4-14/h3-8,11,13,20H,9-10,12H2,1-2H3. The Balaban J connectivity index is 1.94. The summed E-state index contributed by atoms with van der Waals surface area (Å²) in [6, 6.07) is 10.2. The highest BCUT2D eigenvalue weighted by atomic mass is 79.9. The van der Waals surface area contributed by atoms with E-state index in [4.69, 9.17) is 4.74 Å². The molecule has 2 aromatic rings. The van der Waals surface area contributed by atoms with Gasteiger partial charge >= 0.3 is 0 Å². The van der Waals surface area contributed by atoms with Crippen LogP contribution in [-0.4, -0.2) is 11.5 Å². The van der Waals surface area contributed by atoms with E-state index < -0.39 is 0 Å². The van der Waals surface area contributed by atoms with Gasteiger partial charge in [0.1, 0.15) is 12.4 Å². The van der Waals surface area contributed by atoms with Gasteiger partial charge in [-0.2, -0.15) is 0 Å². The Kier molecular flexibility index (Phi) is 6.21. The van der Waals surface area contributed by atoms with E-state index in [2.05, 4.69) is 52.2 Å². The van der Waals surface area contributed by atoms with Crippen molar-refractivity contribution in [1.29, 1.82) is 0 Å². The second kappa shape index (κ2) is 8.15. The van der Waals surface area contributed by atoms with Crippen molar-refractivity contribution < 1.29 is 4.74 Å². The molecule has 0 bridgehead atoms. The van der Waals surface area contributed by atoms with E-state index in [0.29, 0.717) is 12.5 Å². The molecule has 0 spiro atoms. The summed E-state index contributed by atoms with van der Waals surface area (Å²) < 4.78 is 6.98. The number of nitrogens with one attached hydrogen (secondary N) is 1. The summed E-state index contributed by atoms with van der Waals surface area (Å²) in [5.74, 6) is 1.48. The van der Waals surface area contributed by atoms with Crippen molar-refractivity contribution in [3.63, 3.8) is 0 Å². The van der Waals surface area contributed by atoms with Crippen LogP contribution in [0.1, 0.15) is 25.0 Å². The monoisotopic (exact) mass is 348 g/mol. The lowest BCUT2D eigenvalue weighted by molar-refractivity contribution is 0.300. The topological polar surface area (TPSA) is 34.2 Å². The van der Waals surface area contributed by atoms with E-state index in [1.54, 1.807) is 12.4 Å². The molecule has 112 valence electrons. The molecular weight excluding hydrogens is 328 g/mol. The van der Waals surface area contributed by atoms with Crippen molar-refractivity contribution in [2.45, 2.75) is 27.0 Å². The fraction of sp³-hybridized carbons (Fsp3) is 0.353. The van der Waals surface area contributed by atoms with E-state index in [9.17, 15) is 0 Å². The fourth-order valence-corrected chi connectivity index (χ4v) is 2.19. The molecule has 1 heterocycles. The third kappa shape index (κ3) is 5.48. The number of benzene rings is 1. The maximum atomic E-state index is 5.90. The van der Waals surface area contributed by atoms with Gasteiger partial charge in [0, 0.05) is 22.8 Å². The number of rotatable bonds is 7. The zero-order valence-corrected chi connectivity index (χ0v) is 14.1. The molecule has 1 aromatic carbocycles. The third-order valence-electron chi connectivity index (χ3n) is 3.05. The SMILES string of the molecule is CC(C)CNCc1ccncc1OCc1ccc(Br)cc1. The van der Waals surface area contributed by atoms with Gasteiger partial charge in [-0.15, -0.1) is 0 Å². The summed E-state index contributed by atoms with van der Waals surface area (Å²) in [4.78, 5) is 4.15. The first kappa shape index (κ1) is 16.0. The maximum Gasteiger partial charge on any atom is 0.142 e. The van der Waals surface area contributed by atoms with Gasteiger partial charge in [0.15, 0.2) is 0 Å². The Hall–Kier alpha value is -1.39. The fourth-order valence-electron chi connectivity index (χ4n) is 1.92. The predicted molar refractivity (Wildman–Crippen MR) is 89.3 cm³/mol. The van der Waals surface area contributed by atoms with Gasteiger partial charge in [-0.3, -0.25) is 4.98 Å². The second-order valence-electron chi connectivity index (χ2n) is 5.42. The highest BCUT2D eigenvalue weighted by Crippen LogP contribution is 2.18. The van der Waals surface area contributed by atoms with E-state index in [0.717, 1.165) is 34.4 Å². The molecule has 0 atom stereocenters. The summed E-state index contributed by atoms with van der Waals surface area (Å²) in [6.07, 6.45) is 3.59. The summed E-state index contributed by atoms with van der Waals surface area (Å²) in [5, 5.41) is 3.43. The van der Waals surface area contributed by atoms with Crippen LogP contribution in [0.15, 0.2) is 47.2 Å². The van der Waals surface area contributed by atoms with Crippen molar-refractivity contribution in [3.8, 4) is 5.75 Å². The zero-order valence-electron chi connectivity index (χ0n) is 12.5. The minimum Gasteiger partial charge on any atom is -0.487 e. The van der Waals surface area contributed by atoms with Crippen LogP contribution in [0.5, 0.6) is 5.75 Å². The Morgan fingerprint density at radius 3 is 2.67 bits per heavy atom. The summed E-state index contributed by atoms with van der Waals surface area (Å²) in [7, 11) is 0. The maximum absolute atomic E-state index is 5.90. The molecule has 0 fully saturated rings. The predicted octanol–water partition coefficient (Wildman–Crippen LogP) is 4.17. The molecule has 21 heavy (non-hydrogen) atoms. The van der Waals surface area contributed by atoms with Crippen molar-refractivity contribution in [2.24, 2.45) is 5.92 Å². The van der Waals surface area contributed by atoms with Gasteiger partial charge in [-0.05, 0) is 36.2 Å². The smallest absolute Gasteiger partial charge is 0.142 e. The van der Waals surface area contributed by atoms with E-state index >= 15 is 0 Å². The lowest BCUT2D eigenvalue weighted by Gasteiger charge is -2.12. The average molecular weight is 349 g/mol. The number of hydrogen-bond donors (Lipinski definition) is 1. The first-order valence-electron chi connectivity index (χ1n) is 7.16. The molecule has 0 unspecified atom stereocenters. The van der Waals surface area contributed by atoms with Crippen molar-refractivity contribution in [1.82, 2.24) is 10.3 Å². The Morgan fingerprint density at radius 1 is 1.19 bits per heavy atom. The highest BCUT2D eigenvalue weighted by molar-refractivity contribution is 9.10. The van der Waals surface area contributed by atoms with E-state index in [-0.39, 0.29) is 0 Å². The van der Waals surface area contributed by atoms with Crippen LogP contribution >= 0.6 is 15.9 Å². The number of aromatic nitrogens is 1. The van der Waals surface area contributed by atoms with E-state index in [1.807, 2.05) is 18.2 Å². The van der Waals surface area contributed by atoms with Gasteiger partial charge < -0.3 is 10.1 Å². The molecule has 0 amide bonds. The summed E-state index contributed by atoms with van der Waals surface area (Å²) in [5.41, 5.74) is 2.28. The quantitative estimate of drug-likeness (QED) is 0.815. The molecule has 0 aliphatic carbocycles. The Morgan fingerprint density at radius 2 is 1.95 bits per heavy atom. The largest absolute Gasteiger partial charge is 0.487 e. The number of halogens is 1. The molecule has 0 saturated heterocycles. The first-order chi connectivity index (χ1) is 10.1. The van der Waals surface area contributed by atoms with Gasteiger partial charge in [0.05, 0.1) is 6.20 Å². The summed E-state index contributed by atoms with van der Waals surface area (Å²) in [6.45, 7) is 6.75. The third-order valence-corrected chi connectivity index (χ3v) is 3.57. The van der Waals surface area contributed by atoms with Crippen LogP contribution in [0.3, 0.4) is 0 Å². The lowest BCUT2D eigenvalue weighted by atomic mass is 10.2. The minimum atomic E-state index is 0.552. The highest BCUT2D eigenvalue weighted by Gasteiger charge is 2.04. The molecule has 0 aliphatic heterocycles. The lowest BCUT2D eigenvalue weighted by Crippen LogP contribution is -2.19. The van der Waals surface area contributed by atoms with Crippen LogP contribution in [0.2, 0.25) is 0 Å². The van der Waals surface area contributed by atoms with Crippen molar-refractivity contribution in [2.75, 3.05) is 6.54 Å². The van der Waals surface area contributed by atoms with Gasteiger partial charge in [-0.25, -0.2) is 0 Å². The molecule has 1 aromatic heterocycles. The molecule has 2 rings (SSSR count). The summed E-state index contributed by atoms with van der Waals surface area (Å²) >= 11 is 3.43. The van der Waals surface area contributed by atoms with Gasteiger partial charge in [0.2, 0.25) is 0 Å². The number of ether oxygens (including phenoxy) is 1. The molecule has 1 N–H and O–H groups in total. The van der Waals surface area contributed by atoms with Crippen LogP contribution in [0, 0.1) is 5.92 Å². The number of nitrogens with zero attached hydrogens (tertiary/aromatic N) is 1. The van der Waals surface area contributed by atoms with Gasteiger partial charge in [0.25, 0.3) is 0 Å². The number of hydrogen-bond acceptors (Lipinski definition) is 3. The number of pyridine rings is 1.